The van der Waals surface area contributed by atoms with E-state index in [-0.39, 0.29) is 17.7 Å². The van der Waals surface area contributed by atoms with Crippen LogP contribution >= 0.6 is 103 Å². The summed E-state index contributed by atoms with van der Waals surface area (Å²) in [5, 5.41) is 3.24. The van der Waals surface area contributed by atoms with Crippen LogP contribution in [-0.4, -0.2) is 33.2 Å². The second-order valence-corrected chi connectivity index (χ2v) is 29.8. The number of carbonyl (C=O) groups excluding carboxylic acids is 2. The van der Waals surface area contributed by atoms with Crippen LogP contribution in [-0.2, 0) is 12.8 Å². The van der Waals surface area contributed by atoms with E-state index in [1.165, 1.54) is 66.0 Å². The monoisotopic (exact) mass is 1210 g/mol. The molecule has 8 aromatic rings. The SMILES string of the molecule is CC#CC#CC(C#CC#CC)Cc1sc(-c2nc3c(-c4ccc(-c5sc(C)c6c5C(=O)N(CCC(C)CCCC(C)C)C6=O)s4)c4sc(-c5cc(Cl)c(CC(C)CCCCCCCC)s5)nc4c(-c4ccc(C)s4)c3s2)cc1Cl. The fourth-order valence-corrected chi connectivity index (χ4v) is 18.9. The van der Waals surface area contributed by atoms with Gasteiger partial charge in [0.15, 0.2) is 0 Å². The largest absolute Gasteiger partial charge is 0.274 e. The van der Waals surface area contributed by atoms with E-state index in [1.807, 2.05) is 13.0 Å². The Labute approximate surface area is 505 Å². The van der Waals surface area contributed by atoms with Crippen molar-refractivity contribution < 1.29 is 9.59 Å². The van der Waals surface area contributed by atoms with Crippen molar-refractivity contribution in [2.45, 2.75) is 146 Å². The van der Waals surface area contributed by atoms with Crippen molar-refractivity contribution in [1.82, 2.24) is 14.9 Å². The quantitative estimate of drug-likeness (QED) is 0.0364. The zero-order chi connectivity index (χ0) is 55.9. The van der Waals surface area contributed by atoms with E-state index in [0.29, 0.717) is 46.9 Å². The summed E-state index contributed by atoms with van der Waals surface area (Å²) in [5.74, 6) is 24.7. The van der Waals surface area contributed by atoms with Crippen LogP contribution in [0.2, 0.25) is 10.0 Å². The Morgan fingerprint density at radius 2 is 1.11 bits per heavy atom. The van der Waals surface area contributed by atoms with Gasteiger partial charge in [0, 0.05) is 58.2 Å². The Morgan fingerprint density at radius 1 is 0.557 bits per heavy atom. The number of amides is 2. The van der Waals surface area contributed by atoms with Crippen molar-refractivity contribution in [3.63, 3.8) is 0 Å². The second kappa shape index (κ2) is 27.0. The maximum atomic E-state index is 14.4. The summed E-state index contributed by atoms with van der Waals surface area (Å²) in [6.07, 6.45) is 14.7. The van der Waals surface area contributed by atoms with E-state index in [1.54, 1.807) is 93.2 Å². The van der Waals surface area contributed by atoms with E-state index < -0.39 is 0 Å². The van der Waals surface area contributed by atoms with Crippen LogP contribution in [0, 0.1) is 84.9 Å². The normalized spacial score (nSPS) is 12.9. The molecule has 8 heterocycles. The third kappa shape index (κ3) is 13.5. The van der Waals surface area contributed by atoms with E-state index in [4.69, 9.17) is 33.2 Å². The van der Waals surface area contributed by atoms with Gasteiger partial charge >= 0.3 is 0 Å². The molecular formula is C65H65Cl2N3O2S7. The molecular weight excluding hydrogens is 1150 g/mol. The van der Waals surface area contributed by atoms with Crippen LogP contribution in [0.15, 0.2) is 36.4 Å². The third-order valence-corrected chi connectivity index (χ3v) is 23.5. The number of benzene rings is 1. The van der Waals surface area contributed by atoms with Crippen LogP contribution < -0.4 is 0 Å². The molecule has 0 bridgehead atoms. The van der Waals surface area contributed by atoms with Gasteiger partial charge in [0.25, 0.3) is 11.8 Å². The lowest BCUT2D eigenvalue weighted by Crippen LogP contribution is -2.32. The predicted molar refractivity (Wildman–Crippen MR) is 347 cm³/mol. The van der Waals surface area contributed by atoms with E-state index >= 15 is 0 Å². The first-order valence-electron chi connectivity index (χ1n) is 27.5. The summed E-state index contributed by atoms with van der Waals surface area (Å²) in [5.41, 5.74) is 4.97. The minimum absolute atomic E-state index is 0.171. The Morgan fingerprint density at radius 3 is 1.71 bits per heavy atom. The van der Waals surface area contributed by atoms with Gasteiger partial charge in [-0.1, -0.05) is 146 Å². The molecule has 2 amide bonds. The molecule has 1 aliphatic rings. The predicted octanol–water partition coefficient (Wildman–Crippen LogP) is 21.1. The highest BCUT2D eigenvalue weighted by Gasteiger charge is 2.41. The summed E-state index contributed by atoms with van der Waals surface area (Å²) in [4.78, 5) is 51.5. The first-order chi connectivity index (χ1) is 38.2. The minimum Gasteiger partial charge on any atom is -0.274 e. The number of aryl methyl sites for hydroxylation is 2. The number of imide groups is 1. The summed E-state index contributed by atoms with van der Waals surface area (Å²) in [7, 11) is 0. The van der Waals surface area contributed by atoms with Gasteiger partial charge in [0.05, 0.1) is 62.2 Å². The van der Waals surface area contributed by atoms with Crippen molar-refractivity contribution in [3.8, 4) is 97.8 Å². The van der Waals surface area contributed by atoms with Crippen LogP contribution in [0.3, 0.4) is 0 Å². The number of nitrogens with zero attached hydrogens (tertiary/aromatic N) is 3. The number of hydrogen-bond acceptors (Lipinski definition) is 11. The first kappa shape index (κ1) is 59.1. The van der Waals surface area contributed by atoms with Gasteiger partial charge < -0.3 is 0 Å². The number of thiophene rings is 5. The van der Waals surface area contributed by atoms with Crippen LogP contribution in [0.4, 0.5) is 0 Å². The molecule has 408 valence electrons. The fraction of sp³-hybridized carbons (Fsp3) is 0.415. The van der Waals surface area contributed by atoms with Crippen LogP contribution in [0.25, 0.3) is 70.8 Å². The van der Waals surface area contributed by atoms with E-state index in [0.717, 1.165) is 111 Å². The van der Waals surface area contributed by atoms with Gasteiger partial charge in [-0.2, -0.15) is 0 Å². The van der Waals surface area contributed by atoms with Crippen molar-refractivity contribution in [3.05, 3.63) is 77.1 Å². The zero-order valence-electron chi connectivity index (χ0n) is 46.4. The molecule has 0 saturated heterocycles. The summed E-state index contributed by atoms with van der Waals surface area (Å²) < 4.78 is 2.08. The molecule has 2 unspecified atom stereocenters. The van der Waals surface area contributed by atoms with Crippen molar-refractivity contribution in [1.29, 1.82) is 0 Å². The third-order valence-electron chi connectivity index (χ3n) is 14.3. The van der Waals surface area contributed by atoms with Gasteiger partial charge in [0.2, 0.25) is 0 Å². The molecule has 0 radical (unpaired) electrons. The Kier molecular flexibility index (Phi) is 20.2. The Balaban J connectivity index is 1.15. The average Bonchev–Trinajstić information content (AvgIpc) is 3.58. The molecule has 79 heavy (non-hydrogen) atoms. The molecule has 0 spiro atoms. The van der Waals surface area contributed by atoms with Crippen LogP contribution in [0.1, 0.15) is 159 Å². The smallest absolute Gasteiger partial charge is 0.263 e. The van der Waals surface area contributed by atoms with E-state index in [9.17, 15) is 9.59 Å². The lowest BCUT2D eigenvalue weighted by Gasteiger charge is -2.18. The highest BCUT2D eigenvalue weighted by Crippen LogP contribution is 2.55. The molecule has 5 nitrogen and oxygen atoms in total. The van der Waals surface area contributed by atoms with Gasteiger partial charge in [-0.05, 0) is 118 Å². The molecule has 2 atom stereocenters. The number of aromatic nitrogens is 2. The molecule has 9 rings (SSSR count). The van der Waals surface area contributed by atoms with Gasteiger partial charge in [-0.3, -0.25) is 14.5 Å². The molecule has 0 saturated carbocycles. The maximum absolute atomic E-state index is 14.4. The summed E-state index contributed by atoms with van der Waals surface area (Å²) in [6, 6.07) is 12.8. The molecule has 14 heteroatoms. The summed E-state index contributed by atoms with van der Waals surface area (Å²) in [6.45, 7) is 19.5. The maximum Gasteiger partial charge on any atom is 0.263 e. The van der Waals surface area contributed by atoms with E-state index in [2.05, 4.69) is 119 Å². The Hall–Kier alpha value is -4.54. The number of rotatable bonds is 23. The van der Waals surface area contributed by atoms with Gasteiger partial charge in [0.1, 0.15) is 10.0 Å². The number of fused-ring (bicyclic) bond motifs is 3. The van der Waals surface area contributed by atoms with Crippen molar-refractivity contribution in [2.75, 3.05) is 6.54 Å². The number of carbonyl (C=O) groups is 2. The van der Waals surface area contributed by atoms with Gasteiger partial charge in [-0.15, -0.1) is 79.4 Å². The van der Waals surface area contributed by atoms with Crippen molar-refractivity contribution in [2.24, 2.45) is 23.7 Å². The number of halogens is 2. The summed E-state index contributed by atoms with van der Waals surface area (Å²) >= 11 is 25.9. The Bertz CT molecular complexity index is 3770. The molecule has 0 aliphatic carbocycles. The second-order valence-electron chi connectivity index (χ2n) is 21.1. The lowest BCUT2D eigenvalue weighted by atomic mass is 9.97. The number of hydrogen-bond donors (Lipinski definition) is 0. The van der Waals surface area contributed by atoms with Crippen LogP contribution in [0.5, 0.6) is 0 Å². The molecule has 1 aliphatic heterocycles. The number of thiazole rings is 2. The molecule has 1 aromatic carbocycles. The highest BCUT2D eigenvalue weighted by atomic mass is 35.5. The fourth-order valence-electron chi connectivity index (χ4n) is 10.2. The lowest BCUT2D eigenvalue weighted by molar-refractivity contribution is 0.0646. The molecule has 0 N–H and O–H groups in total. The van der Waals surface area contributed by atoms with Crippen molar-refractivity contribution >= 4 is 135 Å². The highest BCUT2D eigenvalue weighted by molar-refractivity contribution is 7.29. The standard InChI is InChI=1S/C65H65Cl2N3O2S7/c1-10-13-16-17-18-21-24-40(7)34-49-44(66)36-51(76-49)62-68-57-54(46-29-28-41(8)73-46)60-58(69-63(78-60)52-37-45(67)50(77-52)35-43(26-19-14-11-2)27-20-15-12-3)55(61(57)79-62)47-30-31-48(75-47)59-56-53(42(9)74-59)64(71)70(65(56)72)33-32-39(6)25-22-23-38(4)5/h28-31,36-40,43H,10,13,16-18,21-25,32-35H2,1-9H3. The molecule has 0 fully saturated rings. The molecule has 7 aromatic heterocycles. The first-order valence-corrected chi connectivity index (χ1v) is 34.0. The average molecular weight is 1220 g/mol. The minimum atomic E-state index is -0.304. The zero-order valence-corrected chi connectivity index (χ0v) is 53.7. The topological polar surface area (TPSA) is 63.2 Å². The van der Waals surface area contributed by atoms with Gasteiger partial charge in [-0.25, -0.2) is 9.97 Å². The number of unbranched alkanes of at least 4 members (excludes halogenated alkanes) is 5.